The maximum Gasteiger partial charge on any atom is 0.268 e. The van der Waals surface area contributed by atoms with E-state index in [0.717, 1.165) is 27.2 Å². The van der Waals surface area contributed by atoms with E-state index in [-0.39, 0.29) is 23.9 Å². The number of fused-ring (bicyclic) bond motifs is 1. The topological polar surface area (TPSA) is 112 Å². The molecule has 0 spiro atoms. The third-order valence-corrected chi connectivity index (χ3v) is 6.87. The van der Waals surface area contributed by atoms with E-state index in [2.05, 4.69) is 29.1 Å². The molecule has 1 unspecified atom stereocenters. The molecule has 0 aliphatic rings. The molecule has 0 radical (unpaired) electrons. The van der Waals surface area contributed by atoms with Gasteiger partial charge in [-0.15, -0.1) is 0 Å². The molecule has 4 rings (SSSR count). The summed E-state index contributed by atoms with van der Waals surface area (Å²) in [6.45, 7) is 8.15. The van der Waals surface area contributed by atoms with Gasteiger partial charge < -0.3 is 19.6 Å². The van der Waals surface area contributed by atoms with Crippen LogP contribution < -0.4 is 15.6 Å². The van der Waals surface area contributed by atoms with E-state index < -0.39 is 11.2 Å². The second-order valence-corrected chi connectivity index (χ2v) is 10.3. The molecule has 0 aliphatic heterocycles. The first kappa shape index (κ1) is 25.5. The molecular formula is C27H30N4O4S. The monoisotopic (exact) mass is 506 g/mol. The SMILES string of the molecule is CCOc1cc(C)[nH]c(=O)c1CNC(=O)c1cc(-c2ccc([S+](C)[O-])cc2)cc2c(C(C)C)ncn12. The summed E-state index contributed by atoms with van der Waals surface area (Å²) in [5.74, 6) is 0.269. The Morgan fingerprint density at radius 2 is 1.92 bits per heavy atom. The maximum atomic E-state index is 13.4. The van der Waals surface area contributed by atoms with Gasteiger partial charge in [0, 0.05) is 5.69 Å². The number of H-pyrrole nitrogens is 1. The molecule has 4 aromatic rings. The van der Waals surface area contributed by atoms with Gasteiger partial charge in [0.15, 0.2) is 4.90 Å². The molecule has 0 fully saturated rings. The molecule has 3 heterocycles. The number of hydrogen-bond donors (Lipinski definition) is 2. The maximum absolute atomic E-state index is 13.4. The van der Waals surface area contributed by atoms with Crippen LogP contribution in [-0.2, 0) is 17.7 Å². The van der Waals surface area contributed by atoms with Crippen LogP contribution >= 0.6 is 0 Å². The Kier molecular flexibility index (Phi) is 7.51. The third-order valence-electron chi connectivity index (χ3n) is 5.93. The molecule has 188 valence electrons. The number of imidazole rings is 1. The fourth-order valence-corrected chi connectivity index (χ4v) is 4.65. The number of benzene rings is 1. The van der Waals surface area contributed by atoms with Crippen molar-refractivity contribution in [1.82, 2.24) is 19.7 Å². The zero-order valence-electron chi connectivity index (χ0n) is 21.0. The summed E-state index contributed by atoms with van der Waals surface area (Å²) in [6.07, 6.45) is 3.29. The lowest BCUT2D eigenvalue weighted by atomic mass is 10.0. The van der Waals surface area contributed by atoms with Crippen molar-refractivity contribution in [2.45, 2.75) is 45.1 Å². The van der Waals surface area contributed by atoms with Gasteiger partial charge in [0.25, 0.3) is 11.5 Å². The molecule has 0 saturated heterocycles. The highest BCUT2D eigenvalue weighted by molar-refractivity contribution is 7.90. The van der Waals surface area contributed by atoms with Crippen LogP contribution in [0.25, 0.3) is 16.6 Å². The molecule has 1 atom stereocenters. The van der Waals surface area contributed by atoms with E-state index in [1.807, 2.05) is 37.3 Å². The van der Waals surface area contributed by atoms with Crippen LogP contribution in [0.15, 0.2) is 58.5 Å². The van der Waals surface area contributed by atoms with Crippen molar-refractivity contribution in [1.29, 1.82) is 0 Å². The summed E-state index contributed by atoms with van der Waals surface area (Å²) in [7, 11) is 0. The molecule has 2 N–H and O–H groups in total. The van der Waals surface area contributed by atoms with Crippen molar-refractivity contribution in [3.8, 4) is 16.9 Å². The smallest absolute Gasteiger partial charge is 0.268 e. The van der Waals surface area contributed by atoms with Gasteiger partial charge in [0.1, 0.15) is 24.0 Å². The highest BCUT2D eigenvalue weighted by atomic mass is 32.2. The van der Waals surface area contributed by atoms with E-state index in [9.17, 15) is 14.1 Å². The second kappa shape index (κ2) is 10.6. The summed E-state index contributed by atoms with van der Waals surface area (Å²) in [5.41, 5.74) is 4.59. The van der Waals surface area contributed by atoms with E-state index >= 15 is 0 Å². The van der Waals surface area contributed by atoms with Crippen LogP contribution in [0.1, 0.15) is 54.1 Å². The summed E-state index contributed by atoms with van der Waals surface area (Å²) in [6, 6.07) is 13.0. The van der Waals surface area contributed by atoms with Gasteiger partial charge in [-0.05, 0) is 84.5 Å². The molecule has 1 aromatic carbocycles. The van der Waals surface area contributed by atoms with Gasteiger partial charge in [0.05, 0.1) is 29.9 Å². The van der Waals surface area contributed by atoms with Crippen LogP contribution in [0.3, 0.4) is 0 Å². The first-order chi connectivity index (χ1) is 17.2. The second-order valence-electron chi connectivity index (χ2n) is 8.89. The minimum absolute atomic E-state index is 0.0121. The highest BCUT2D eigenvalue weighted by Crippen LogP contribution is 2.28. The Hall–Kier alpha value is -3.56. The quantitative estimate of drug-likeness (QED) is 0.348. The first-order valence-corrected chi connectivity index (χ1v) is 13.3. The number of pyridine rings is 2. The molecule has 0 bridgehead atoms. The number of carbonyl (C=O) groups is 1. The zero-order chi connectivity index (χ0) is 26.0. The van der Waals surface area contributed by atoms with Crippen molar-refractivity contribution >= 4 is 22.6 Å². The highest BCUT2D eigenvalue weighted by Gasteiger charge is 2.19. The standard InChI is InChI=1S/C27H30N4O4S/c1-6-35-24-11-17(4)30-26(32)21(24)14-28-27(33)23-13-19(18-7-9-20(10-8-18)36(5)34)12-22-25(16(2)3)29-15-31(22)23/h7-13,15-16H,6,14H2,1-5H3,(H,28,33)(H,30,32). The Morgan fingerprint density at radius 3 is 2.56 bits per heavy atom. The van der Waals surface area contributed by atoms with Gasteiger partial charge in [0.2, 0.25) is 0 Å². The summed E-state index contributed by atoms with van der Waals surface area (Å²) in [5, 5.41) is 2.88. The fourth-order valence-electron chi connectivity index (χ4n) is 4.14. The van der Waals surface area contributed by atoms with Crippen LogP contribution in [0.5, 0.6) is 5.75 Å². The number of aromatic nitrogens is 3. The fraction of sp³-hybridized carbons (Fsp3) is 0.296. The molecule has 1 amide bonds. The van der Waals surface area contributed by atoms with E-state index in [0.29, 0.717) is 29.3 Å². The minimum Gasteiger partial charge on any atom is -0.612 e. The number of aryl methyl sites for hydroxylation is 1. The molecule has 36 heavy (non-hydrogen) atoms. The lowest BCUT2D eigenvalue weighted by Crippen LogP contribution is -2.29. The van der Waals surface area contributed by atoms with Crippen LogP contribution in [0.2, 0.25) is 0 Å². The van der Waals surface area contributed by atoms with Crippen molar-refractivity contribution in [2.75, 3.05) is 12.9 Å². The van der Waals surface area contributed by atoms with Crippen molar-refractivity contribution in [3.63, 3.8) is 0 Å². The Morgan fingerprint density at radius 1 is 1.19 bits per heavy atom. The number of carbonyl (C=O) groups excluding carboxylic acids is 1. The number of hydrogen-bond acceptors (Lipinski definition) is 5. The Bertz CT molecular complexity index is 1460. The average molecular weight is 507 g/mol. The molecular weight excluding hydrogens is 476 g/mol. The van der Waals surface area contributed by atoms with Gasteiger partial charge in [-0.1, -0.05) is 13.8 Å². The van der Waals surface area contributed by atoms with Gasteiger partial charge >= 0.3 is 0 Å². The number of amides is 1. The molecule has 0 saturated carbocycles. The summed E-state index contributed by atoms with van der Waals surface area (Å²) in [4.78, 5) is 34.1. The van der Waals surface area contributed by atoms with Crippen molar-refractivity contribution in [2.24, 2.45) is 0 Å². The number of aromatic amines is 1. The predicted molar refractivity (Wildman–Crippen MR) is 141 cm³/mol. The number of nitrogens with one attached hydrogen (secondary N) is 2. The summed E-state index contributed by atoms with van der Waals surface area (Å²) < 4.78 is 19.2. The first-order valence-electron chi connectivity index (χ1n) is 11.8. The van der Waals surface area contributed by atoms with Crippen LogP contribution in [0, 0.1) is 6.92 Å². The lowest BCUT2D eigenvalue weighted by molar-refractivity contribution is 0.0944. The Balaban J connectivity index is 1.74. The van der Waals surface area contributed by atoms with Gasteiger partial charge in [-0.2, -0.15) is 0 Å². The van der Waals surface area contributed by atoms with E-state index in [4.69, 9.17) is 4.74 Å². The van der Waals surface area contributed by atoms with Gasteiger partial charge in [-0.3, -0.25) is 14.0 Å². The molecule has 3 aromatic heterocycles. The van der Waals surface area contributed by atoms with Crippen molar-refractivity contribution < 1.29 is 14.1 Å². The molecule has 0 aliphatic carbocycles. The third kappa shape index (κ3) is 5.17. The normalized spacial score (nSPS) is 12.2. The Labute approximate surface area is 212 Å². The van der Waals surface area contributed by atoms with Crippen LogP contribution in [-0.4, -0.2) is 37.7 Å². The molecule has 9 heteroatoms. The minimum atomic E-state index is -1.08. The largest absolute Gasteiger partial charge is 0.612 e. The predicted octanol–water partition coefficient (Wildman–Crippen LogP) is 4.19. The molecule has 8 nitrogen and oxygen atoms in total. The van der Waals surface area contributed by atoms with Crippen molar-refractivity contribution in [3.05, 3.63) is 81.8 Å². The summed E-state index contributed by atoms with van der Waals surface area (Å²) >= 11 is -1.08. The number of ether oxygens (including phenoxy) is 1. The van der Waals surface area contributed by atoms with Crippen LogP contribution in [0.4, 0.5) is 0 Å². The van der Waals surface area contributed by atoms with E-state index in [1.54, 1.807) is 36.0 Å². The number of nitrogens with zero attached hydrogens (tertiary/aromatic N) is 2. The van der Waals surface area contributed by atoms with E-state index in [1.165, 1.54) is 0 Å². The number of rotatable bonds is 8. The lowest BCUT2D eigenvalue weighted by Gasteiger charge is -2.14. The average Bonchev–Trinajstić information content (AvgIpc) is 3.27. The zero-order valence-corrected chi connectivity index (χ0v) is 21.9. The van der Waals surface area contributed by atoms with Gasteiger partial charge in [-0.25, -0.2) is 4.98 Å².